The molecule has 0 aromatic carbocycles. The quantitative estimate of drug-likeness (QED) is 0.610. The van der Waals surface area contributed by atoms with E-state index in [-0.39, 0.29) is 6.42 Å². The Morgan fingerprint density at radius 2 is 2.27 bits per heavy atom. The van der Waals surface area contributed by atoms with E-state index in [2.05, 4.69) is 12.2 Å². The van der Waals surface area contributed by atoms with E-state index in [1.165, 1.54) is 0 Å². The van der Waals surface area contributed by atoms with Crippen molar-refractivity contribution >= 4 is 5.97 Å². The van der Waals surface area contributed by atoms with Crippen molar-refractivity contribution in [3.63, 3.8) is 0 Å². The van der Waals surface area contributed by atoms with Gasteiger partial charge in [0.05, 0.1) is 0 Å². The zero-order valence-corrected chi connectivity index (χ0v) is 7.26. The molecule has 1 atom stereocenters. The molecule has 0 rings (SSSR count). The van der Waals surface area contributed by atoms with Crippen molar-refractivity contribution < 1.29 is 9.90 Å². The van der Waals surface area contributed by atoms with Gasteiger partial charge in [0.1, 0.15) is 0 Å². The molecule has 0 radical (unpaired) electrons. The average Bonchev–Trinajstić information content (AvgIpc) is 1.87. The number of carbonyl (C=O) groups is 1. The number of carboxylic acid groups (broad SMARTS) is 1. The van der Waals surface area contributed by atoms with Crippen LogP contribution in [-0.4, -0.2) is 24.7 Å². The Morgan fingerprint density at radius 3 is 2.64 bits per heavy atom. The van der Waals surface area contributed by atoms with Gasteiger partial charge in [-0.2, -0.15) is 0 Å². The summed E-state index contributed by atoms with van der Waals surface area (Å²) in [5.41, 5.74) is 0. The molecule has 3 nitrogen and oxygen atoms in total. The summed E-state index contributed by atoms with van der Waals surface area (Å²) in [5.74, 6) is -0.402. The van der Waals surface area contributed by atoms with Crippen molar-refractivity contribution in [1.29, 1.82) is 0 Å². The van der Waals surface area contributed by atoms with Gasteiger partial charge in [-0.05, 0) is 25.9 Å². The molecule has 11 heavy (non-hydrogen) atoms. The highest BCUT2D eigenvalue weighted by Gasteiger charge is 2.10. The highest BCUT2D eigenvalue weighted by atomic mass is 16.4. The fourth-order valence-corrected chi connectivity index (χ4v) is 1.22. The minimum Gasteiger partial charge on any atom is -0.481 e. The van der Waals surface area contributed by atoms with Crippen LogP contribution in [0, 0.1) is 5.92 Å². The fraction of sp³-hybridized carbons (Fsp3) is 0.875. The average molecular weight is 159 g/mol. The van der Waals surface area contributed by atoms with Gasteiger partial charge in [0, 0.05) is 6.42 Å². The van der Waals surface area contributed by atoms with Crippen molar-refractivity contribution in [3.05, 3.63) is 0 Å². The van der Waals surface area contributed by atoms with E-state index in [1.807, 2.05) is 7.05 Å². The van der Waals surface area contributed by atoms with Gasteiger partial charge in [0.25, 0.3) is 0 Å². The molecular formula is C8H17NO2. The first-order valence-corrected chi connectivity index (χ1v) is 4.07. The van der Waals surface area contributed by atoms with Gasteiger partial charge >= 0.3 is 5.97 Å². The summed E-state index contributed by atoms with van der Waals surface area (Å²) >= 11 is 0. The Hall–Kier alpha value is -0.570. The standard InChI is InChI=1S/C8H17NO2/c1-3-4-7(6-9-2)5-8(10)11/h7,9H,3-6H2,1-2H3,(H,10,11). The summed E-state index contributed by atoms with van der Waals surface area (Å²) in [4.78, 5) is 10.3. The molecular weight excluding hydrogens is 142 g/mol. The maximum atomic E-state index is 10.3. The summed E-state index contributed by atoms with van der Waals surface area (Å²) in [7, 11) is 1.85. The van der Waals surface area contributed by atoms with Crippen LogP contribution >= 0.6 is 0 Å². The third-order valence-electron chi connectivity index (χ3n) is 1.65. The lowest BCUT2D eigenvalue weighted by Crippen LogP contribution is -2.21. The topological polar surface area (TPSA) is 49.3 Å². The van der Waals surface area contributed by atoms with Crippen molar-refractivity contribution in [1.82, 2.24) is 5.32 Å². The Morgan fingerprint density at radius 1 is 1.64 bits per heavy atom. The maximum Gasteiger partial charge on any atom is 0.303 e. The van der Waals surface area contributed by atoms with E-state index in [4.69, 9.17) is 5.11 Å². The predicted molar refractivity (Wildman–Crippen MR) is 44.6 cm³/mol. The third kappa shape index (κ3) is 5.85. The van der Waals surface area contributed by atoms with Gasteiger partial charge in [-0.25, -0.2) is 0 Å². The first kappa shape index (κ1) is 10.4. The van der Waals surface area contributed by atoms with Gasteiger partial charge in [0.15, 0.2) is 0 Å². The van der Waals surface area contributed by atoms with Crippen LogP contribution in [-0.2, 0) is 4.79 Å². The monoisotopic (exact) mass is 159 g/mol. The SMILES string of the molecule is CCCC(CNC)CC(=O)O. The fourth-order valence-electron chi connectivity index (χ4n) is 1.22. The van der Waals surface area contributed by atoms with Crippen LogP contribution in [0.1, 0.15) is 26.2 Å². The number of aliphatic carboxylic acids is 1. The van der Waals surface area contributed by atoms with Crippen molar-refractivity contribution in [3.8, 4) is 0 Å². The Balaban J connectivity index is 3.59. The van der Waals surface area contributed by atoms with Crippen LogP contribution in [0.5, 0.6) is 0 Å². The minimum absolute atomic E-state index is 0.286. The zero-order valence-electron chi connectivity index (χ0n) is 7.26. The first-order chi connectivity index (χ1) is 5.20. The van der Waals surface area contributed by atoms with E-state index in [0.717, 1.165) is 19.4 Å². The van der Waals surface area contributed by atoms with Gasteiger partial charge in [-0.1, -0.05) is 13.3 Å². The molecule has 0 saturated heterocycles. The third-order valence-corrected chi connectivity index (χ3v) is 1.65. The van der Waals surface area contributed by atoms with Gasteiger partial charge in [-0.15, -0.1) is 0 Å². The van der Waals surface area contributed by atoms with Gasteiger partial charge in [-0.3, -0.25) is 4.79 Å². The number of nitrogens with one attached hydrogen (secondary N) is 1. The van der Waals surface area contributed by atoms with E-state index < -0.39 is 5.97 Å². The lowest BCUT2D eigenvalue weighted by Gasteiger charge is -2.11. The first-order valence-electron chi connectivity index (χ1n) is 4.07. The molecule has 1 unspecified atom stereocenters. The Labute approximate surface area is 67.8 Å². The van der Waals surface area contributed by atoms with Crippen molar-refractivity contribution in [2.75, 3.05) is 13.6 Å². The molecule has 0 fully saturated rings. The van der Waals surface area contributed by atoms with Crippen molar-refractivity contribution in [2.24, 2.45) is 5.92 Å². The van der Waals surface area contributed by atoms with Crippen LogP contribution in [0.15, 0.2) is 0 Å². The van der Waals surface area contributed by atoms with Crippen LogP contribution < -0.4 is 5.32 Å². The predicted octanol–water partition coefficient (Wildman–Crippen LogP) is 1.10. The molecule has 0 heterocycles. The molecule has 0 aliphatic heterocycles. The molecule has 0 spiro atoms. The Kier molecular flexibility index (Phi) is 5.84. The number of hydrogen-bond acceptors (Lipinski definition) is 2. The molecule has 0 aliphatic rings. The highest BCUT2D eigenvalue weighted by molar-refractivity contribution is 5.67. The van der Waals surface area contributed by atoms with Gasteiger partial charge < -0.3 is 10.4 Å². The largest absolute Gasteiger partial charge is 0.481 e. The van der Waals surface area contributed by atoms with Crippen LogP contribution in [0.3, 0.4) is 0 Å². The normalized spacial score (nSPS) is 12.9. The summed E-state index contributed by atoms with van der Waals surface area (Å²) in [6.45, 7) is 2.88. The molecule has 3 heteroatoms. The lowest BCUT2D eigenvalue weighted by atomic mass is 10.0. The second-order valence-electron chi connectivity index (χ2n) is 2.81. The van der Waals surface area contributed by atoms with Crippen LogP contribution in [0.4, 0.5) is 0 Å². The molecule has 66 valence electrons. The molecule has 0 aliphatic carbocycles. The summed E-state index contributed by atoms with van der Waals surface area (Å²) in [6, 6.07) is 0. The molecule has 0 amide bonds. The molecule has 0 bridgehead atoms. The van der Waals surface area contributed by atoms with Gasteiger partial charge in [0.2, 0.25) is 0 Å². The maximum absolute atomic E-state index is 10.3. The second kappa shape index (κ2) is 6.16. The zero-order chi connectivity index (χ0) is 8.69. The van der Waals surface area contributed by atoms with Crippen LogP contribution in [0.25, 0.3) is 0 Å². The van der Waals surface area contributed by atoms with E-state index in [0.29, 0.717) is 5.92 Å². The number of carboxylic acids is 1. The summed E-state index contributed by atoms with van der Waals surface area (Å²) in [6.07, 6.45) is 2.33. The van der Waals surface area contributed by atoms with Crippen molar-refractivity contribution in [2.45, 2.75) is 26.2 Å². The summed E-state index contributed by atoms with van der Waals surface area (Å²) < 4.78 is 0. The molecule has 0 saturated carbocycles. The number of hydrogen-bond donors (Lipinski definition) is 2. The smallest absolute Gasteiger partial charge is 0.303 e. The second-order valence-corrected chi connectivity index (χ2v) is 2.81. The minimum atomic E-state index is -0.696. The molecule has 2 N–H and O–H groups in total. The lowest BCUT2D eigenvalue weighted by molar-refractivity contribution is -0.138. The van der Waals surface area contributed by atoms with E-state index in [9.17, 15) is 4.79 Å². The molecule has 0 aromatic heterocycles. The Bertz CT molecular complexity index is 109. The van der Waals surface area contributed by atoms with Crippen LogP contribution in [0.2, 0.25) is 0 Å². The number of rotatable bonds is 6. The summed E-state index contributed by atoms with van der Waals surface area (Å²) in [5, 5.41) is 11.5. The molecule has 0 aromatic rings. The van der Waals surface area contributed by atoms with E-state index >= 15 is 0 Å². The van der Waals surface area contributed by atoms with E-state index in [1.54, 1.807) is 0 Å². The highest BCUT2D eigenvalue weighted by Crippen LogP contribution is 2.09.